The van der Waals surface area contributed by atoms with Crippen molar-refractivity contribution < 1.29 is 28.6 Å². The predicted molar refractivity (Wildman–Crippen MR) is 101 cm³/mol. The number of fused-ring (bicyclic) bond motifs is 1. The number of nitrogens with zero attached hydrogens (tertiary/aromatic N) is 2. The molecule has 2 atom stereocenters. The van der Waals surface area contributed by atoms with Crippen LogP contribution in [0.2, 0.25) is 0 Å². The minimum atomic E-state index is -0.704. The first-order chi connectivity index (χ1) is 13.2. The third-order valence-electron chi connectivity index (χ3n) is 4.86. The van der Waals surface area contributed by atoms with Crippen molar-refractivity contribution in [3.05, 3.63) is 29.8 Å². The molecule has 1 aromatic rings. The number of likely N-dealkylation sites (tertiary alicyclic amines) is 1. The van der Waals surface area contributed by atoms with Crippen LogP contribution < -0.4 is 4.90 Å². The van der Waals surface area contributed by atoms with Gasteiger partial charge in [-0.2, -0.15) is 0 Å². The number of amides is 2. The van der Waals surface area contributed by atoms with E-state index in [1.165, 1.54) is 16.9 Å². The highest BCUT2D eigenvalue weighted by molar-refractivity contribution is 5.92. The van der Waals surface area contributed by atoms with Crippen LogP contribution in [-0.4, -0.2) is 54.9 Å². The van der Waals surface area contributed by atoms with E-state index in [-0.39, 0.29) is 13.2 Å². The molecule has 0 N–H and O–H groups in total. The number of esters is 1. The van der Waals surface area contributed by atoms with E-state index >= 15 is 0 Å². The van der Waals surface area contributed by atoms with Crippen molar-refractivity contribution in [1.29, 1.82) is 0 Å². The van der Waals surface area contributed by atoms with Gasteiger partial charge in [0.2, 0.25) is 0 Å². The number of hydrogen-bond acceptors (Lipinski definition) is 6. The van der Waals surface area contributed by atoms with Crippen LogP contribution in [-0.2, 0) is 25.6 Å². The second kappa shape index (κ2) is 7.69. The Morgan fingerprint density at radius 1 is 1.21 bits per heavy atom. The summed E-state index contributed by atoms with van der Waals surface area (Å²) in [7, 11) is 1.30. The second-order valence-corrected chi connectivity index (χ2v) is 7.97. The standard InChI is InChI=1S/C20H26N2O6/c1-20(2,3)28-18(24)21-10-9-16(14(11-21)17(23)26-4)22-15-8-6-5-7-13(15)12-27-19(22)25/h5-8,14,16H,9-12H2,1-4H3. The van der Waals surface area contributed by atoms with Crippen LogP contribution in [0.15, 0.2) is 24.3 Å². The molecule has 2 aliphatic rings. The lowest BCUT2D eigenvalue weighted by Crippen LogP contribution is -2.58. The van der Waals surface area contributed by atoms with E-state index in [2.05, 4.69) is 0 Å². The molecule has 1 aromatic carbocycles. The molecular formula is C20H26N2O6. The van der Waals surface area contributed by atoms with E-state index in [9.17, 15) is 14.4 Å². The number of methoxy groups -OCH3 is 1. The minimum Gasteiger partial charge on any atom is -0.469 e. The van der Waals surface area contributed by atoms with Crippen molar-refractivity contribution in [3.8, 4) is 0 Å². The number of carbonyl (C=O) groups is 3. The van der Waals surface area contributed by atoms with Gasteiger partial charge in [0.15, 0.2) is 0 Å². The van der Waals surface area contributed by atoms with Crippen LogP contribution in [0.4, 0.5) is 15.3 Å². The summed E-state index contributed by atoms with van der Waals surface area (Å²) in [5.74, 6) is -1.18. The highest BCUT2D eigenvalue weighted by Gasteiger charge is 2.44. The molecule has 0 radical (unpaired) electrons. The summed E-state index contributed by atoms with van der Waals surface area (Å²) < 4.78 is 15.7. The molecule has 28 heavy (non-hydrogen) atoms. The van der Waals surface area contributed by atoms with Crippen molar-refractivity contribution in [2.45, 2.75) is 45.4 Å². The van der Waals surface area contributed by atoms with Crippen LogP contribution in [0.5, 0.6) is 0 Å². The van der Waals surface area contributed by atoms with E-state index in [0.717, 1.165) is 11.3 Å². The molecule has 1 fully saturated rings. The van der Waals surface area contributed by atoms with E-state index in [4.69, 9.17) is 14.2 Å². The first-order valence-electron chi connectivity index (χ1n) is 9.31. The second-order valence-electron chi connectivity index (χ2n) is 7.97. The summed E-state index contributed by atoms with van der Waals surface area (Å²) in [5.41, 5.74) is 0.966. The highest BCUT2D eigenvalue weighted by Crippen LogP contribution is 2.34. The van der Waals surface area contributed by atoms with Gasteiger partial charge >= 0.3 is 18.2 Å². The maximum atomic E-state index is 12.6. The number of cyclic esters (lactones) is 1. The number of carbonyl (C=O) groups excluding carboxylic acids is 3. The van der Waals surface area contributed by atoms with E-state index in [1.54, 1.807) is 20.8 Å². The van der Waals surface area contributed by atoms with Crippen molar-refractivity contribution in [2.24, 2.45) is 5.92 Å². The number of benzene rings is 1. The summed E-state index contributed by atoms with van der Waals surface area (Å²) in [6.07, 6.45) is -0.576. The average Bonchev–Trinajstić information content (AvgIpc) is 2.65. The first kappa shape index (κ1) is 20.0. The zero-order chi connectivity index (χ0) is 20.5. The molecule has 2 aliphatic heterocycles. The van der Waals surface area contributed by atoms with E-state index in [1.807, 2.05) is 24.3 Å². The van der Waals surface area contributed by atoms with Gasteiger partial charge in [-0.25, -0.2) is 9.59 Å². The van der Waals surface area contributed by atoms with Gasteiger partial charge in [0.25, 0.3) is 0 Å². The van der Waals surface area contributed by atoms with E-state index < -0.39 is 35.7 Å². The molecule has 0 saturated carbocycles. The van der Waals surface area contributed by atoms with Crippen molar-refractivity contribution >= 4 is 23.8 Å². The number of ether oxygens (including phenoxy) is 3. The molecule has 3 rings (SSSR count). The zero-order valence-electron chi connectivity index (χ0n) is 16.6. The molecule has 0 aliphatic carbocycles. The summed E-state index contributed by atoms with van der Waals surface area (Å²) in [5, 5.41) is 0. The predicted octanol–water partition coefficient (Wildman–Crippen LogP) is 2.94. The number of anilines is 1. The third kappa shape index (κ3) is 4.05. The monoisotopic (exact) mass is 390 g/mol. The molecule has 8 nitrogen and oxygen atoms in total. The molecule has 0 aromatic heterocycles. The van der Waals surface area contributed by atoms with Crippen molar-refractivity contribution in [2.75, 3.05) is 25.1 Å². The Bertz CT molecular complexity index is 772. The lowest BCUT2D eigenvalue weighted by atomic mass is 9.90. The van der Waals surface area contributed by atoms with Crippen molar-refractivity contribution in [1.82, 2.24) is 4.90 Å². The van der Waals surface area contributed by atoms with Crippen LogP contribution in [0.25, 0.3) is 0 Å². The molecule has 2 unspecified atom stereocenters. The smallest absolute Gasteiger partial charge is 0.414 e. The maximum absolute atomic E-state index is 12.6. The molecule has 2 heterocycles. The fourth-order valence-corrected chi connectivity index (χ4v) is 3.61. The lowest BCUT2D eigenvalue weighted by molar-refractivity contribution is -0.147. The Kier molecular flexibility index (Phi) is 5.49. The van der Waals surface area contributed by atoms with Gasteiger partial charge in [-0.15, -0.1) is 0 Å². The summed E-state index contributed by atoms with van der Waals surface area (Å²) in [6, 6.07) is 6.97. The molecule has 152 valence electrons. The Hall–Kier alpha value is -2.77. The topological polar surface area (TPSA) is 85.4 Å². The zero-order valence-corrected chi connectivity index (χ0v) is 16.6. The quantitative estimate of drug-likeness (QED) is 0.570. The van der Waals surface area contributed by atoms with Gasteiger partial charge in [-0.3, -0.25) is 9.69 Å². The lowest BCUT2D eigenvalue weighted by Gasteiger charge is -2.43. The van der Waals surface area contributed by atoms with Gasteiger partial charge in [0.1, 0.15) is 12.2 Å². The molecular weight excluding hydrogens is 364 g/mol. The Morgan fingerprint density at radius 2 is 1.93 bits per heavy atom. The Labute approximate surface area is 164 Å². The molecule has 0 bridgehead atoms. The van der Waals surface area contributed by atoms with Gasteiger partial charge in [0, 0.05) is 18.7 Å². The number of para-hydroxylation sites is 1. The molecule has 0 spiro atoms. The van der Waals surface area contributed by atoms with Crippen LogP contribution in [0, 0.1) is 5.92 Å². The van der Waals surface area contributed by atoms with Gasteiger partial charge in [-0.05, 0) is 33.3 Å². The molecule has 2 amide bonds. The molecule has 1 saturated heterocycles. The fraction of sp³-hybridized carbons (Fsp3) is 0.550. The van der Waals surface area contributed by atoms with Gasteiger partial charge in [-0.1, -0.05) is 18.2 Å². The van der Waals surface area contributed by atoms with E-state index in [0.29, 0.717) is 13.0 Å². The normalized spacial score (nSPS) is 22.2. The Morgan fingerprint density at radius 3 is 2.61 bits per heavy atom. The number of rotatable bonds is 2. The van der Waals surface area contributed by atoms with Crippen LogP contribution in [0.1, 0.15) is 32.8 Å². The molecule has 8 heteroatoms. The Balaban J connectivity index is 1.87. The summed E-state index contributed by atoms with van der Waals surface area (Å²) >= 11 is 0. The maximum Gasteiger partial charge on any atom is 0.414 e. The average molecular weight is 390 g/mol. The summed E-state index contributed by atoms with van der Waals surface area (Å²) in [6.45, 7) is 6.03. The van der Waals surface area contributed by atoms with Crippen molar-refractivity contribution in [3.63, 3.8) is 0 Å². The third-order valence-corrected chi connectivity index (χ3v) is 4.86. The van der Waals surface area contributed by atoms with Gasteiger partial charge < -0.3 is 19.1 Å². The van der Waals surface area contributed by atoms with Gasteiger partial charge in [0.05, 0.1) is 24.8 Å². The number of hydrogen-bond donors (Lipinski definition) is 0. The number of piperidine rings is 1. The highest BCUT2D eigenvalue weighted by atomic mass is 16.6. The fourth-order valence-electron chi connectivity index (χ4n) is 3.61. The van der Waals surface area contributed by atoms with Crippen LogP contribution >= 0.6 is 0 Å². The summed E-state index contributed by atoms with van der Waals surface area (Å²) in [4.78, 5) is 40.5. The van der Waals surface area contributed by atoms with Crippen LogP contribution in [0.3, 0.4) is 0 Å². The minimum absolute atomic E-state index is 0.109. The largest absolute Gasteiger partial charge is 0.469 e. The SMILES string of the molecule is COC(=O)C1CN(C(=O)OC(C)(C)C)CCC1N1C(=O)OCc2ccccc21. The first-order valence-corrected chi connectivity index (χ1v) is 9.31.